The largest absolute Gasteiger partial charge is 0.393 e. The fourth-order valence-electron chi connectivity index (χ4n) is 1.33. The number of aliphatic hydroxyl groups is 2. The Labute approximate surface area is 111 Å². The number of halogens is 2. The van der Waals surface area contributed by atoms with Gasteiger partial charge in [0.2, 0.25) is 0 Å². The van der Waals surface area contributed by atoms with Crippen LogP contribution in [-0.4, -0.2) is 29.0 Å². The van der Waals surface area contributed by atoms with Crippen molar-refractivity contribution in [2.45, 2.75) is 25.5 Å². The van der Waals surface area contributed by atoms with Gasteiger partial charge in [0.15, 0.2) is 0 Å². The Bertz CT molecular complexity index is 383. The molecule has 0 bridgehead atoms. The number of hydrogen-bond acceptors (Lipinski definition) is 3. The van der Waals surface area contributed by atoms with E-state index in [1.807, 2.05) is 13.0 Å². The Morgan fingerprint density at radius 3 is 2.53 bits per heavy atom. The Kier molecular flexibility index (Phi) is 5.22. The van der Waals surface area contributed by atoms with Gasteiger partial charge in [-0.2, -0.15) is 0 Å². The average molecular weight is 278 g/mol. The van der Waals surface area contributed by atoms with Crippen molar-refractivity contribution < 1.29 is 10.2 Å². The van der Waals surface area contributed by atoms with E-state index < -0.39 is 5.60 Å². The van der Waals surface area contributed by atoms with E-state index in [0.717, 1.165) is 5.56 Å². The Balaban J connectivity index is 2.64. The zero-order valence-corrected chi connectivity index (χ0v) is 11.4. The third-order valence-corrected chi connectivity index (χ3v) is 3.31. The second-order valence-corrected chi connectivity index (χ2v) is 5.25. The van der Waals surface area contributed by atoms with Crippen LogP contribution in [0, 0.1) is 0 Å². The van der Waals surface area contributed by atoms with Crippen LogP contribution in [0.2, 0.25) is 10.0 Å². The average Bonchev–Trinajstić information content (AvgIpc) is 2.30. The van der Waals surface area contributed by atoms with Crippen molar-refractivity contribution in [1.82, 2.24) is 5.32 Å². The molecule has 0 aliphatic rings. The molecule has 96 valence electrons. The maximum absolute atomic E-state index is 9.66. The summed E-state index contributed by atoms with van der Waals surface area (Å²) < 4.78 is 0. The van der Waals surface area contributed by atoms with Gasteiger partial charge >= 0.3 is 0 Å². The highest BCUT2D eigenvalue weighted by Gasteiger charge is 2.19. The van der Waals surface area contributed by atoms with Crippen molar-refractivity contribution in [2.75, 3.05) is 13.2 Å². The maximum Gasteiger partial charge on any atom is 0.0973 e. The van der Waals surface area contributed by atoms with Gasteiger partial charge in [0, 0.05) is 12.6 Å². The van der Waals surface area contributed by atoms with Crippen LogP contribution in [0.15, 0.2) is 18.2 Å². The minimum absolute atomic E-state index is 0.0165. The van der Waals surface area contributed by atoms with Crippen molar-refractivity contribution in [3.63, 3.8) is 0 Å². The summed E-state index contributed by atoms with van der Waals surface area (Å²) in [6.07, 6.45) is 0. The van der Waals surface area contributed by atoms with Crippen LogP contribution < -0.4 is 5.32 Å². The monoisotopic (exact) mass is 277 g/mol. The molecule has 1 aromatic carbocycles. The van der Waals surface area contributed by atoms with Crippen molar-refractivity contribution in [1.29, 1.82) is 0 Å². The van der Waals surface area contributed by atoms with Gasteiger partial charge in [-0.1, -0.05) is 29.3 Å². The van der Waals surface area contributed by atoms with Crippen molar-refractivity contribution >= 4 is 23.2 Å². The molecule has 0 aliphatic carbocycles. The lowest BCUT2D eigenvalue weighted by molar-refractivity contribution is 0.00106. The standard InChI is InChI=1S/C12H17Cl2NO2/c1-8(15-6-12(2,17)7-16)9-3-4-10(13)11(14)5-9/h3-5,8,15-17H,6-7H2,1-2H3. The van der Waals surface area contributed by atoms with Crippen LogP contribution in [0.1, 0.15) is 25.5 Å². The summed E-state index contributed by atoms with van der Waals surface area (Å²) in [6, 6.07) is 5.42. The van der Waals surface area contributed by atoms with Crippen LogP contribution in [0.25, 0.3) is 0 Å². The zero-order chi connectivity index (χ0) is 13.1. The first kappa shape index (κ1) is 14.7. The Hall–Kier alpha value is -0.320. The van der Waals surface area contributed by atoms with E-state index in [0.29, 0.717) is 16.6 Å². The van der Waals surface area contributed by atoms with E-state index in [-0.39, 0.29) is 12.6 Å². The van der Waals surface area contributed by atoms with Gasteiger partial charge in [-0.05, 0) is 31.5 Å². The number of hydrogen-bond donors (Lipinski definition) is 3. The van der Waals surface area contributed by atoms with Crippen molar-refractivity contribution in [3.05, 3.63) is 33.8 Å². The zero-order valence-electron chi connectivity index (χ0n) is 9.87. The van der Waals surface area contributed by atoms with E-state index in [1.54, 1.807) is 19.1 Å². The van der Waals surface area contributed by atoms with Gasteiger partial charge in [-0.15, -0.1) is 0 Å². The third-order valence-electron chi connectivity index (χ3n) is 2.57. The molecule has 0 saturated heterocycles. The lowest BCUT2D eigenvalue weighted by Gasteiger charge is -2.24. The molecule has 0 heterocycles. The molecule has 0 aliphatic heterocycles. The first-order valence-electron chi connectivity index (χ1n) is 5.37. The van der Waals surface area contributed by atoms with Crippen LogP contribution in [0.3, 0.4) is 0 Å². The molecule has 1 rings (SSSR count). The van der Waals surface area contributed by atoms with Gasteiger partial charge in [0.05, 0.1) is 22.3 Å². The molecule has 1 aromatic rings. The topological polar surface area (TPSA) is 52.5 Å². The van der Waals surface area contributed by atoms with Crippen molar-refractivity contribution in [2.24, 2.45) is 0 Å². The van der Waals surface area contributed by atoms with Gasteiger partial charge < -0.3 is 15.5 Å². The van der Waals surface area contributed by atoms with E-state index >= 15 is 0 Å². The van der Waals surface area contributed by atoms with Crippen LogP contribution in [0.5, 0.6) is 0 Å². The predicted molar refractivity (Wildman–Crippen MR) is 70.6 cm³/mol. The first-order valence-corrected chi connectivity index (χ1v) is 6.13. The highest BCUT2D eigenvalue weighted by Crippen LogP contribution is 2.25. The van der Waals surface area contributed by atoms with Gasteiger partial charge in [0.1, 0.15) is 0 Å². The first-order chi connectivity index (χ1) is 7.85. The molecule has 2 unspecified atom stereocenters. The lowest BCUT2D eigenvalue weighted by Crippen LogP contribution is -2.41. The Morgan fingerprint density at radius 2 is 2.00 bits per heavy atom. The normalized spacial score (nSPS) is 16.6. The summed E-state index contributed by atoms with van der Waals surface area (Å²) in [5.74, 6) is 0. The number of nitrogens with one attached hydrogen (secondary N) is 1. The van der Waals surface area contributed by atoms with Gasteiger partial charge in [-0.25, -0.2) is 0 Å². The van der Waals surface area contributed by atoms with Crippen molar-refractivity contribution in [3.8, 4) is 0 Å². The lowest BCUT2D eigenvalue weighted by atomic mass is 10.1. The Morgan fingerprint density at radius 1 is 1.35 bits per heavy atom. The highest BCUT2D eigenvalue weighted by molar-refractivity contribution is 6.42. The molecule has 17 heavy (non-hydrogen) atoms. The molecular weight excluding hydrogens is 261 g/mol. The fraction of sp³-hybridized carbons (Fsp3) is 0.500. The summed E-state index contributed by atoms with van der Waals surface area (Å²) in [6.45, 7) is 3.54. The maximum atomic E-state index is 9.66. The summed E-state index contributed by atoms with van der Waals surface area (Å²) in [5.41, 5.74) is -0.141. The van der Waals surface area contributed by atoms with Crippen LogP contribution in [0.4, 0.5) is 0 Å². The van der Waals surface area contributed by atoms with Gasteiger partial charge in [0.25, 0.3) is 0 Å². The molecule has 0 amide bonds. The molecular formula is C12H17Cl2NO2. The van der Waals surface area contributed by atoms with Gasteiger partial charge in [-0.3, -0.25) is 0 Å². The molecule has 0 radical (unpaired) electrons. The number of benzene rings is 1. The van der Waals surface area contributed by atoms with E-state index in [4.69, 9.17) is 28.3 Å². The second kappa shape index (κ2) is 6.03. The summed E-state index contributed by atoms with van der Waals surface area (Å²) in [5, 5.41) is 22.7. The summed E-state index contributed by atoms with van der Waals surface area (Å²) >= 11 is 11.8. The highest BCUT2D eigenvalue weighted by atomic mass is 35.5. The van der Waals surface area contributed by atoms with Crippen LogP contribution in [-0.2, 0) is 0 Å². The summed E-state index contributed by atoms with van der Waals surface area (Å²) in [7, 11) is 0. The van der Waals surface area contributed by atoms with E-state index in [1.165, 1.54) is 0 Å². The van der Waals surface area contributed by atoms with Crippen LogP contribution >= 0.6 is 23.2 Å². The SMILES string of the molecule is CC(NCC(C)(O)CO)c1ccc(Cl)c(Cl)c1. The molecule has 0 aromatic heterocycles. The predicted octanol–water partition coefficient (Wildman–Crippen LogP) is 2.39. The molecule has 0 fully saturated rings. The second-order valence-electron chi connectivity index (χ2n) is 4.43. The molecule has 3 nitrogen and oxygen atoms in total. The third kappa shape index (κ3) is 4.45. The molecule has 2 atom stereocenters. The molecule has 0 spiro atoms. The van der Waals surface area contributed by atoms with E-state index in [9.17, 15) is 5.11 Å². The molecule has 5 heteroatoms. The fourth-order valence-corrected chi connectivity index (χ4v) is 1.63. The summed E-state index contributed by atoms with van der Waals surface area (Å²) in [4.78, 5) is 0. The molecule has 0 saturated carbocycles. The minimum atomic E-state index is -1.12. The quantitative estimate of drug-likeness (QED) is 0.775. The number of aliphatic hydroxyl groups excluding tert-OH is 1. The smallest absolute Gasteiger partial charge is 0.0973 e. The minimum Gasteiger partial charge on any atom is -0.393 e. The van der Waals surface area contributed by atoms with E-state index in [2.05, 4.69) is 5.32 Å². The molecule has 3 N–H and O–H groups in total. The number of rotatable bonds is 5.